The van der Waals surface area contributed by atoms with Crippen molar-refractivity contribution >= 4 is 0 Å². The SMILES string of the molecule is NCCCCCNCC12CC3C[C@H](C1)C(F)[C@@H](C3)C2. The molecule has 4 bridgehead atoms. The molecule has 3 unspecified atom stereocenters. The molecule has 4 aliphatic rings. The van der Waals surface area contributed by atoms with Gasteiger partial charge in [-0.25, -0.2) is 4.39 Å². The molecule has 3 N–H and O–H groups in total. The number of unbranched alkanes of at least 4 members (excludes halogenated alkanes) is 2. The minimum absolute atomic E-state index is 0.394. The van der Waals surface area contributed by atoms with Gasteiger partial charge in [-0.05, 0) is 81.2 Å². The average Bonchev–Trinajstić information content (AvgIpc) is 2.39. The van der Waals surface area contributed by atoms with Gasteiger partial charge in [-0.1, -0.05) is 6.42 Å². The maximum Gasteiger partial charge on any atom is 0.106 e. The highest BCUT2D eigenvalue weighted by atomic mass is 19.1. The van der Waals surface area contributed by atoms with Crippen LogP contribution >= 0.6 is 0 Å². The summed E-state index contributed by atoms with van der Waals surface area (Å²) in [5.41, 5.74) is 5.95. The van der Waals surface area contributed by atoms with Crippen LogP contribution < -0.4 is 11.1 Å². The predicted octanol–water partition coefficient (Wildman–Crippen LogP) is 2.87. The summed E-state index contributed by atoms with van der Waals surface area (Å²) in [6.45, 7) is 3.06. The van der Waals surface area contributed by atoms with Crippen molar-refractivity contribution in [2.45, 2.75) is 57.5 Å². The molecule has 0 radical (unpaired) electrons. The number of rotatable bonds is 7. The van der Waals surface area contributed by atoms with Crippen LogP contribution in [0.2, 0.25) is 0 Å². The van der Waals surface area contributed by atoms with E-state index in [1.165, 1.54) is 32.1 Å². The van der Waals surface area contributed by atoms with Crippen molar-refractivity contribution in [1.29, 1.82) is 0 Å². The molecule has 0 heterocycles. The van der Waals surface area contributed by atoms with Crippen molar-refractivity contribution < 1.29 is 4.39 Å². The van der Waals surface area contributed by atoms with Gasteiger partial charge in [0, 0.05) is 6.54 Å². The van der Waals surface area contributed by atoms with Gasteiger partial charge in [0.15, 0.2) is 0 Å². The van der Waals surface area contributed by atoms with E-state index in [9.17, 15) is 4.39 Å². The summed E-state index contributed by atoms with van der Waals surface area (Å²) in [6.07, 6.45) is 9.14. The fourth-order valence-electron chi connectivity index (χ4n) is 5.27. The maximum absolute atomic E-state index is 14.2. The lowest BCUT2D eigenvalue weighted by Crippen LogP contribution is -2.55. The molecule has 0 aromatic carbocycles. The van der Waals surface area contributed by atoms with Gasteiger partial charge in [0.2, 0.25) is 0 Å². The van der Waals surface area contributed by atoms with E-state index in [1.807, 2.05) is 0 Å². The molecule has 0 saturated heterocycles. The highest BCUT2D eigenvalue weighted by Crippen LogP contribution is 2.60. The van der Waals surface area contributed by atoms with E-state index in [4.69, 9.17) is 5.73 Å². The Morgan fingerprint density at radius 3 is 2.47 bits per heavy atom. The quantitative estimate of drug-likeness (QED) is 0.697. The van der Waals surface area contributed by atoms with Gasteiger partial charge >= 0.3 is 0 Å². The standard InChI is InChI=1S/C16H29FN2/c17-15-13-6-12-7-14(15)10-16(8-12,9-13)11-19-5-3-1-2-4-18/h12-15,19H,1-11,18H2/t12?,13-,14+,15?,16?. The highest BCUT2D eigenvalue weighted by Gasteiger charge is 2.55. The largest absolute Gasteiger partial charge is 0.330 e. The van der Waals surface area contributed by atoms with Gasteiger partial charge in [-0.2, -0.15) is 0 Å². The van der Waals surface area contributed by atoms with Crippen LogP contribution in [0.4, 0.5) is 4.39 Å². The molecule has 5 atom stereocenters. The zero-order chi connectivity index (χ0) is 13.3. The molecule has 110 valence electrons. The van der Waals surface area contributed by atoms with Crippen molar-refractivity contribution in [3.8, 4) is 0 Å². The Hall–Kier alpha value is -0.150. The second-order valence-corrected chi connectivity index (χ2v) is 7.44. The molecule has 19 heavy (non-hydrogen) atoms. The molecule has 4 saturated carbocycles. The monoisotopic (exact) mass is 268 g/mol. The van der Waals surface area contributed by atoms with Crippen LogP contribution in [0.1, 0.15) is 51.4 Å². The predicted molar refractivity (Wildman–Crippen MR) is 76.7 cm³/mol. The topological polar surface area (TPSA) is 38.0 Å². The molecule has 4 fully saturated rings. The first-order chi connectivity index (χ1) is 9.22. The van der Waals surface area contributed by atoms with Crippen LogP contribution in [-0.2, 0) is 0 Å². The maximum atomic E-state index is 14.2. The molecule has 3 heteroatoms. The lowest BCUT2D eigenvalue weighted by molar-refractivity contribution is -0.103. The number of nitrogens with two attached hydrogens (primary N) is 1. The summed E-state index contributed by atoms with van der Waals surface area (Å²) in [7, 11) is 0. The summed E-state index contributed by atoms with van der Waals surface area (Å²) in [6, 6.07) is 0. The van der Waals surface area contributed by atoms with Crippen LogP contribution in [0, 0.1) is 23.2 Å². The van der Waals surface area contributed by atoms with Gasteiger partial charge in [0.25, 0.3) is 0 Å². The molecular formula is C16H29FN2. The fraction of sp³-hybridized carbons (Fsp3) is 1.00. The molecule has 2 nitrogen and oxygen atoms in total. The Bertz CT molecular complexity index is 291. The van der Waals surface area contributed by atoms with Crippen molar-refractivity contribution in [3.63, 3.8) is 0 Å². The molecule has 4 aliphatic carbocycles. The summed E-state index contributed by atoms with van der Waals surface area (Å²) >= 11 is 0. The molecular weight excluding hydrogens is 239 g/mol. The number of nitrogens with one attached hydrogen (secondary N) is 1. The Balaban J connectivity index is 1.46. The second-order valence-electron chi connectivity index (χ2n) is 7.44. The summed E-state index contributed by atoms with van der Waals surface area (Å²) < 4.78 is 14.2. The van der Waals surface area contributed by atoms with Crippen LogP contribution in [-0.4, -0.2) is 25.8 Å². The third kappa shape index (κ3) is 2.82. The van der Waals surface area contributed by atoms with Crippen LogP contribution in [0.3, 0.4) is 0 Å². The van der Waals surface area contributed by atoms with E-state index >= 15 is 0 Å². The minimum Gasteiger partial charge on any atom is -0.330 e. The van der Waals surface area contributed by atoms with E-state index < -0.39 is 6.17 Å². The molecule has 4 rings (SSSR count). The molecule has 0 spiro atoms. The van der Waals surface area contributed by atoms with Gasteiger partial charge < -0.3 is 11.1 Å². The Kier molecular flexibility index (Phi) is 4.14. The average molecular weight is 268 g/mol. The summed E-state index contributed by atoms with van der Waals surface area (Å²) in [5, 5.41) is 3.65. The first kappa shape index (κ1) is 13.8. The Morgan fingerprint density at radius 1 is 1.05 bits per heavy atom. The number of hydrogen-bond donors (Lipinski definition) is 2. The van der Waals surface area contributed by atoms with Gasteiger partial charge in [-0.3, -0.25) is 0 Å². The first-order valence-corrected chi connectivity index (χ1v) is 8.27. The van der Waals surface area contributed by atoms with Crippen LogP contribution in [0.25, 0.3) is 0 Å². The molecule has 0 aliphatic heterocycles. The highest BCUT2D eigenvalue weighted by molar-refractivity contribution is 5.05. The van der Waals surface area contributed by atoms with E-state index in [1.54, 1.807) is 0 Å². The van der Waals surface area contributed by atoms with E-state index in [0.29, 0.717) is 17.3 Å². The summed E-state index contributed by atoms with van der Waals surface area (Å²) in [5.74, 6) is 1.62. The zero-order valence-corrected chi connectivity index (χ0v) is 12.0. The summed E-state index contributed by atoms with van der Waals surface area (Å²) in [4.78, 5) is 0. The van der Waals surface area contributed by atoms with Crippen molar-refractivity contribution in [3.05, 3.63) is 0 Å². The van der Waals surface area contributed by atoms with Gasteiger partial charge in [-0.15, -0.1) is 0 Å². The second kappa shape index (κ2) is 5.69. The van der Waals surface area contributed by atoms with Crippen molar-refractivity contribution in [2.75, 3.05) is 19.6 Å². The van der Waals surface area contributed by atoms with Crippen molar-refractivity contribution in [2.24, 2.45) is 28.9 Å². The van der Waals surface area contributed by atoms with Crippen LogP contribution in [0.5, 0.6) is 0 Å². The smallest absolute Gasteiger partial charge is 0.106 e. The normalized spacial score (nSPS) is 43.9. The van der Waals surface area contributed by atoms with Gasteiger partial charge in [0.1, 0.15) is 6.17 Å². The minimum atomic E-state index is -0.478. The lowest BCUT2D eigenvalue weighted by atomic mass is 9.49. The zero-order valence-electron chi connectivity index (χ0n) is 12.0. The van der Waals surface area contributed by atoms with Crippen LogP contribution in [0.15, 0.2) is 0 Å². The Labute approximate surface area is 116 Å². The van der Waals surface area contributed by atoms with E-state index in [0.717, 1.165) is 44.8 Å². The van der Waals surface area contributed by atoms with Crippen molar-refractivity contribution in [1.82, 2.24) is 5.32 Å². The number of halogens is 1. The lowest BCUT2D eigenvalue weighted by Gasteiger charge is -2.58. The molecule has 0 aromatic rings. The molecule has 0 amide bonds. The fourth-order valence-corrected chi connectivity index (χ4v) is 5.27. The first-order valence-electron chi connectivity index (χ1n) is 8.27. The number of alkyl halides is 1. The third-order valence-corrected chi connectivity index (χ3v) is 5.84. The van der Waals surface area contributed by atoms with E-state index in [-0.39, 0.29) is 0 Å². The Morgan fingerprint density at radius 2 is 1.79 bits per heavy atom. The third-order valence-electron chi connectivity index (χ3n) is 5.84. The molecule has 0 aromatic heterocycles. The number of hydrogen-bond acceptors (Lipinski definition) is 2. The van der Waals surface area contributed by atoms with E-state index in [2.05, 4.69) is 5.32 Å². The van der Waals surface area contributed by atoms with Gasteiger partial charge in [0.05, 0.1) is 0 Å².